The van der Waals surface area contributed by atoms with Gasteiger partial charge in [0.2, 0.25) is 5.91 Å². The van der Waals surface area contributed by atoms with Crippen molar-refractivity contribution in [3.05, 3.63) is 77.5 Å². The van der Waals surface area contributed by atoms with E-state index < -0.39 is 36.2 Å². The Hall–Kier alpha value is -3.46. The summed E-state index contributed by atoms with van der Waals surface area (Å²) in [6.07, 6.45) is -2.97. The van der Waals surface area contributed by atoms with Crippen LogP contribution in [0.2, 0.25) is 0 Å². The molecule has 1 aromatic heterocycles. The lowest BCUT2D eigenvalue weighted by molar-refractivity contribution is -0.137. The molecule has 156 valence electrons. The average molecular weight is 417 g/mol. The SMILES string of the molecule is O=C(NC(CO)C(=O)NCc1ccc(C(F)(F)F)cc1)c1ccnc2ccccc12. The number of carbonyl (C=O) groups excluding carboxylic acids is 2. The first-order valence-electron chi connectivity index (χ1n) is 8.99. The van der Waals surface area contributed by atoms with Gasteiger partial charge in [-0.25, -0.2) is 0 Å². The quantitative estimate of drug-likeness (QED) is 0.575. The van der Waals surface area contributed by atoms with Gasteiger partial charge in [-0.15, -0.1) is 0 Å². The van der Waals surface area contributed by atoms with Crippen LogP contribution in [-0.2, 0) is 17.5 Å². The Morgan fingerprint density at radius 2 is 1.73 bits per heavy atom. The van der Waals surface area contributed by atoms with E-state index in [-0.39, 0.29) is 6.54 Å². The number of hydrogen-bond acceptors (Lipinski definition) is 4. The van der Waals surface area contributed by atoms with E-state index in [2.05, 4.69) is 15.6 Å². The van der Waals surface area contributed by atoms with Crippen molar-refractivity contribution in [1.82, 2.24) is 15.6 Å². The molecule has 0 aliphatic carbocycles. The minimum atomic E-state index is -4.44. The maximum absolute atomic E-state index is 12.6. The van der Waals surface area contributed by atoms with Crippen molar-refractivity contribution in [3.8, 4) is 0 Å². The van der Waals surface area contributed by atoms with Crippen LogP contribution in [0.4, 0.5) is 13.2 Å². The van der Waals surface area contributed by atoms with Crippen LogP contribution in [0.25, 0.3) is 10.9 Å². The van der Waals surface area contributed by atoms with E-state index in [0.717, 1.165) is 12.1 Å². The normalized spacial score (nSPS) is 12.4. The number of aliphatic hydroxyl groups excluding tert-OH is 1. The summed E-state index contributed by atoms with van der Waals surface area (Å²) < 4.78 is 37.8. The molecule has 3 aromatic rings. The van der Waals surface area contributed by atoms with E-state index in [1.54, 1.807) is 24.3 Å². The molecule has 0 saturated heterocycles. The number of fused-ring (bicyclic) bond motifs is 1. The van der Waals surface area contributed by atoms with Gasteiger partial charge in [0.1, 0.15) is 6.04 Å². The van der Waals surface area contributed by atoms with Crippen molar-refractivity contribution in [1.29, 1.82) is 0 Å². The van der Waals surface area contributed by atoms with Gasteiger partial charge in [-0.05, 0) is 29.8 Å². The van der Waals surface area contributed by atoms with Gasteiger partial charge >= 0.3 is 6.18 Å². The topological polar surface area (TPSA) is 91.3 Å². The number of nitrogens with zero attached hydrogens (tertiary/aromatic N) is 1. The van der Waals surface area contributed by atoms with Crippen LogP contribution in [0, 0.1) is 0 Å². The highest BCUT2D eigenvalue weighted by Gasteiger charge is 2.30. The van der Waals surface area contributed by atoms with Gasteiger partial charge < -0.3 is 15.7 Å². The first-order chi connectivity index (χ1) is 14.3. The molecule has 1 heterocycles. The number of hydrogen-bond donors (Lipinski definition) is 3. The van der Waals surface area contributed by atoms with E-state index >= 15 is 0 Å². The predicted molar refractivity (Wildman–Crippen MR) is 103 cm³/mol. The fraction of sp³-hybridized carbons (Fsp3) is 0.190. The Bertz CT molecular complexity index is 1050. The second-order valence-electron chi connectivity index (χ2n) is 6.50. The number of rotatable bonds is 6. The zero-order valence-corrected chi connectivity index (χ0v) is 15.6. The summed E-state index contributed by atoms with van der Waals surface area (Å²) in [6.45, 7) is -0.699. The molecule has 3 N–H and O–H groups in total. The number of aliphatic hydroxyl groups is 1. The Morgan fingerprint density at radius 1 is 1.03 bits per heavy atom. The van der Waals surface area contributed by atoms with Gasteiger partial charge in [-0.2, -0.15) is 13.2 Å². The second kappa shape index (κ2) is 8.91. The average Bonchev–Trinajstić information content (AvgIpc) is 2.74. The fourth-order valence-corrected chi connectivity index (χ4v) is 2.85. The minimum Gasteiger partial charge on any atom is -0.394 e. The number of benzene rings is 2. The molecular weight excluding hydrogens is 399 g/mol. The van der Waals surface area contributed by atoms with E-state index in [9.17, 15) is 27.9 Å². The molecule has 0 spiro atoms. The molecule has 30 heavy (non-hydrogen) atoms. The number of aromatic nitrogens is 1. The Morgan fingerprint density at radius 3 is 2.40 bits per heavy atom. The lowest BCUT2D eigenvalue weighted by Crippen LogP contribution is -2.48. The summed E-state index contributed by atoms with van der Waals surface area (Å²) in [5.74, 6) is -1.22. The molecule has 0 aliphatic heterocycles. The summed E-state index contributed by atoms with van der Waals surface area (Å²) in [5, 5.41) is 15.1. The van der Waals surface area contributed by atoms with Crippen LogP contribution in [-0.4, -0.2) is 34.6 Å². The zero-order valence-electron chi connectivity index (χ0n) is 15.6. The highest BCUT2D eigenvalue weighted by atomic mass is 19.4. The molecule has 0 bridgehead atoms. The first-order valence-corrected chi connectivity index (χ1v) is 8.99. The summed E-state index contributed by atoms with van der Waals surface area (Å²) in [7, 11) is 0. The largest absolute Gasteiger partial charge is 0.416 e. The van der Waals surface area contributed by atoms with Crippen LogP contribution >= 0.6 is 0 Å². The fourth-order valence-electron chi connectivity index (χ4n) is 2.85. The van der Waals surface area contributed by atoms with Gasteiger partial charge in [0.05, 0.1) is 23.3 Å². The Balaban J connectivity index is 1.64. The minimum absolute atomic E-state index is 0.0540. The highest BCUT2D eigenvalue weighted by molar-refractivity contribution is 6.07. The molecule has 1 atom stereocenters. The van der Waals surface area contributed by atoms with Crippen molar-refractivity contribution < 1.29 is 27.9 Å². The monoisotopic (exact) mass is 417 g/mol. The van der Waals surface area contributed by atoms with E-state index in [1.165, 1.54) is 24.4 Å². The van der Waals surface area contributed by atoms with E-state index in [1.807, 2.05) is 0 Å². The van der Waals surface area contributed by atoms with Crippen molar-refractivity contribution in [2.75, 3.05) is 6.61 Å². The third kappa shape index (κ3) is 4.93. The molecule has 0 saturated carbocycles. The third-order valence-corrected chi connectivity index (χ3v) is 4.45. The molecular formula is C21H18F3N3O3. The molecule has 1 unspecified atom stereocenters. The van der Waals surface area contributed by atoms with Crippen LogP contribution in [0.5, 0.6) is 0 Å². The number of nitrogens with one attached hydrogen (secondary N) is 2. The Kier molecular flexibility index (Phi) is 6.31. The lowest BCUT2D eigenvalue weighted by Gasteiger charge is -2.17. The number of alkyl halides is 3. The van der Waals surface area contributed by atoms with Crippen LogP contribution < -0.4 is 10.6 Å². The lowest BCUT2D eigenvalue weighted by atomic mass is 10.1. The number of pyridine rings is 1. The summed E-state index contributed by atoms with van der Waals surface area (Å²) in [5.41, 5.74) is 0.564. The van der Waals surface area contributed by atoms with E-state index in [0.29, 0.717) is 22.0 Å². The van der Waals surface area contributed by atoms with Gasteiger partial charge in [0, 0.05) is 18.1 Å². The molecule has 3 rings (SSSR count). The molecule has 6 nitrogen and oxygen atoms in total. The molecule has 9 heteroatoms. The van der Waals surface area contributed by atoms with Crippen LogP contribution in [0.15, 0.2) is 60.8 Å². The van der Waals surface area contributed by atoms with Crippen molar-refractivity contribution in [2.45, 2.75) is 18.8 Å². The molecule has 2 amide bonds. The van der Waals surface area contributed by atoms with Gasteiger partial charge in [0.15, 0.2) is 0 Å². The number of para-hydroxylation sites is 1. The van der Waals surface area contributed by atoms with Crippen LogP contribution in [0.1, 0.15) is 21.5 Å². The van der Waals surface area contributed by atoms with Gasteiger partial charge in [0.25, 0.3) is 5.91 Å². The van der Waals surface area contributed by atoms with Crippen molar-refractivity contribution in [2.24, 2.45) is 0 Å². The Labute approximate surface area is 169 Å². The first kappa shape index (κ1) is 21.3. The van der Waals surface area contributed by atoms with Gasteiger partial charge in [-0.1, -0.05) is 30.3 Å². The summed E-state index contributed by atoms with van der Waals surface area (Å²) in [4.78, 5) is 29.1. The zero-order chi connectivity index (χ0) is 21.7. The second-order valence-corrected chi connectivity index (χ2v) is 6.50. The predicted octanol–water partition coefficient (Wildman–Crippen LogP) is 2.66. The van der Waals surface area contributed by atoms with Crippen molar-refractivity contribution >= 4 is 22.7 Å². The van der Waals surface area contributed by atoms with E-state index in [4.69, 9.17) is 0 Å². The highest BCUT2D eigenvalue weighted by Crippen LogP contribution is 2.29. The maximum Gasteiger partial charge on any atom is 0.416 e. The summed E-state index contributed by atoms with van der Waals surface area (Å²) in [6, 6.07) is 11.6. The maximum atomic E-state index is 12.6. The number of amides is 2. The molecule has 0 fully saturated rings. The molecule has 2 aromatic carbocycles. The number of halogens is 3. The summed E-state index contributed by atoms with van der Waals surface area (Å²) >= 11 is 0. The van der Waals surface area contributed by atoms with Gasteiger partial charge in [-0.3, -0.25) is 14.6 Å². The third-order valence-electron chi connectivity index (χ3n) is 4.45. The number of carbonyl (C=O) groups is 2. The molecule has 0 radical (unpaired) electrons. The molecule has 0 aliphatic rings. The smallest absolute Gasteiger partial charge is 0.394 e. The standard InChI is InChI=1S/C21H18F3N3O3/c22-21(23,24)14-7-5-13(6-8-14)11-26-20(30)18(12-28)27-19(29)16-9-10-25-17-4-2-1-3-15(16)17/h1-10,18,28H,11-12H2,(H,26,30)(H,27,29). The van der Waals surface area contributed by atoms with Crippen LogP contribution in [0.3, 0.4) is 0 Å². The van der Waals surface area contributed by atoms with Crippen molar-refractivity contribution in [3.63, 3.8) is 0 Å².